The molecule has 0 heterocycles. The second-order valence-electron chi connectivity index (χ2n) is 8.74. The third-order valence-corrected chi connectivity index (χ3v) is 8.10. The monoisotopic (exact) mass is 304 g/mol. The fraction of sp³-hybridized carbons (Fsp3) is 0.842. The largest absolute Gasteiger partial charge is 0.392 e. The van der Waals surface area contributed by atoms with Crippen molar-refractivity contribution >= 4 is 5.78 Å². The Balaban J connectivity index is 1.74. The molecule has 2 N–H and O–H groups in total. The van der Waals surface area contributed by atoms with Crippen LogP contribution in [0.2, 0.25) is 0 Å². The van der Waals surface area contributed by atoms with E-state index < -0.39 is 5.60 Å². The lowest BCUT2D eigenvalue weighted by atomic mass is 9.46. The van der Waals surface area contributed by atoms with E-state index in [1.807, 2.05) is 6.08 Å². The molecule has 0 bridgehead atoms. The van der Waals surface area contributed by atoms with Crippen molar-refractivity contribution in [3.63, 3.8) is 0 Å². The highest BCUT2D eigenvalue weighted by atomic mass is 16.3. The van der Waals surface area contributed by atoms with Gasteiger partial charge in [0.15, 0.2) is 5.78 Å². The molecular weight excluding hydrogens is 276 g/mol. The summed E-state index contributed by atoms with van der Waals surface area (Å²) in [6.07, 6.45) is 8.49. The van der Waals surface area contributed by atoms with Crippen LogP contribution < -0.4 is 0 Å². The van der Waals surface area contributed by atoms with Crippen molar-refractivity contribution in [3.05, 3.63) is 11.6 Å². The Bertz CT molecular complexity index is 553. The second kappa shape index (κ2) is 4.45. The molecule has 3 saturated carbocycles. The summed E-state index contributed by atoms with van der Waals surface area (Å²) in [6, 6.07) is 0. The quantitative estimate of drug-likeness (QED) is 0.723. The molecule has 0 aromatic carbocycles. The van der Waals surface area contributed by atoms with E-state index in [9.17, 15) is 15.0 Å². The van der Waals surface area contributed by atoms with Gasteiger partial charge < -0.3 is 10.2 Å². The summed E-state index contributed by atoms with van der Waals surface area (Å²) in [6.45, 7) is 4.42. The van der Waals surface area contributed by atoms with Gasteiger partial charge in [-0.1, -0.05) is 19.4 Å². The molecule has 3 nitrogen and oxygen atoms in total. The molecule has 22 heavy (non-hydrogen) atoms. The number of hydrogen-bond donors (Lipinski definition) is 2. The number of aliphatic hydroxyl groups excluding tert-OH is 1. The summed E-state index contributed by atoms with van der Waals surface area (Å²) in [7, 11) is 0. The third-order valence-electron chi connectivity index (χ3n) is 8.10. The number of ketones is 1. The first-order valence-corrected chi connectivity index (χ1v) is 8.96. The van der Waals surface area contributed by atoms with Gasteiger partial charge in [0, 0.05) is 11.8 Å². The van der Waals surface area contributed by atoms with Crippen molar-refractivity contribution in [1.29, 1.82) is 0 Å². The van der Waals surface area contributed by atoms with Crippen LogP contribution in [0.25, 0.3) is 0 Å². The minimum atomic E-state index is -0.717. The van der Waals surface area contributed by atoms with Crippen LogP contribution in [0.4, 0.5) is 0 Å². The van der Waals surface area contributed by atoms with Crippen molar-refractivity contribution in [2.24, 2.45) is 22.7 Å². The molecule has 0 aliphatic heterocycles. The lowest BCUT2D eigenvalue weighted by molar-refractivity contribution is -0.192. The van der Waals surface area contributed by atoms with Crippen LogP contribution in [0.1, 0.15) is 65.2 Å². The predicted molar refractivity (Wildman–Crippen MR) is 84.2 cm³/mol. The van der Waals surface area contributed by atoms with E-state index in [0.29, 0.717) is 12.3 Å². The molecule has 1 unspecified atom stereocenters. The van der Waals surface area contributed by atoms with Gasteiger partial charge in [-0.15, -0.1) is 0 Å². The van der Waals surface area contributed by atoms with E-state index in [2.05, 4.69) is 13.8 Å². The van der Waals surface area contributed by atoms with E-state index in [4.69, 9.17) is 0 Å². The Morgan fingerprint density at radius 3 is 2.59 bits per heavy atom. The highest BCUT2D eigenvalue weighted by Gasteiger charge is 2.66. The summed E-state index contributed by atoms with van der Waals surface area (Å²) >= 11 is 0. The molecule has 0 aromatic heterocycles. The number of carbonyl (C=O) groups is 1. The van der Waals surface area contributed by atoms with Crippen LogP contribution in [-0.2, 0) is 4.79 Å². The Morgan fingerprint density at radius 1 is 1.05 bits per heavy atom. The highest BCUT2D eigenvalue weighted by molar-refractivity contribution is 5.91. The lowest BCUT2D eigenvalue weighted by Gasteiger charge is -2.61. The van der Waals surface area contributed by atoms with E-state index >= 15 is 0 Å². The second-order valence-corrected chi connectivity index (χ2v) is 8.74. The van der Waals surface area contributed by atoms with Crippen molar-refractivity contribution in [2.45, 2.75) is 76.9 Å². The standard InChI is InChI=1S/C19H28O3/c1-17-8-5-13(20)11-12(17)3-4-15-14(17)6-9-18(2)16(21)7-10-19(15,18)22/h11,14-16,21-22H,3-10H2,1-2H3/t14-,15-,16?,17+,18-,19-/m1/s1. The maximum Gasteiger partial charge on any atom is 0.155 e. The molecule has 0 amide bonds. The minimum absolute atomic E-state index is 0.0848. The van der Waals surface area contributed by atoms with Gasteiger partial charge in [-0.3, -0.25) is 4.79 Å². The van der Waals surface area contributed by atoms with Crippen LogP contribution >= 0.6 is 0 Å². The van der Waals surface area contributed by atoms with Crippen molar-refractivity contribution in [1.82, 2.24) is 0 Å². The molecule has 3 heteroatoms. The van der Waals surface area contributed by atoms with E-state index in [1.165, 1.54) is 5.57 Å². The van der Waals surface area contributed by atoms with Gasteiger partial charge in [-0.25, -0.2) is 0 Å². The molecule has 0 aromatic rings. The molecule has 0 spiro atoms. The van der Waals surface area contributed by atoms with Crippen molar-refractivity contribution in [2.75, 3.05) is 0 Å². The SMILES string of the molecule is C[C@]12CCC(=O)C=C1CC[C@@H]1[C@H]2CC[C@]2(C)C(O)CC[C@@]12O. The fourth-order valence-electron chi connectivity index (χ4n) is 6.50. The van der Waals surface area contributed by atoms with Gasteiger partial charge >= 0.3 is 0 Å². The summed E-state index contributed by atoms with van der Waals surface area (Å²) in [5.74, 6) is 1.02. The van der Waals surface area contributed by atoms with Crippen LogP contribution in [0, 0.1) is 22.7 Å². The molecule has 3 fully saturated rings. The average Bonchev–Trinajstić information content (AvgIpc) is 2.72. The summed E-state index contributed by atoms with van der Waals surface area (Å²) in [5, 5.41) is 22.0. The summed E-state index contributed by atoms with van der Waals surface area (Å²) in [4.78, 5) is 11.8. The Hall–Kier alpha value is -0.670. The number of aliphatic hydroxyl groups is 2. The first-order chi connectivity index (χ1) is 10.3. The van der Waals surface area contributed by atoms with Crippen LogP contribution in [0.3, 0.4) is 0 Å². The first kappa shape index (κ1) is 14.9. The van der Waals surface area contributed by atoms with E-state index in [-0.39, 0.29) is 28.6 Å². The molecule has 0 radical (unpaired) electrons. The zero-order valence-corrected chi connectivity index (χ0v) is 13.8. The number of fused-ring (bicyclic) bond motifs is 5. The van der Waals surface area contributed by atoms with Gasteiger partial charge in [0.2, 0.25) is 0 Å². The zero-order valence-electron chi connectivity index (χ0n) is 13.8. The number of rotatable bonds is 0. The molecule has 0 saturated heterocycles. The van der Waals surface area contributed by atoms with Gasteiger partial charge in [0.25, 0.3) is 0 Å². The van der Waals surface area contributed by atoms with Crippen LogP contribution in [-0.4, -0.2) is 27.7 Å². The predicted octanol–water partition coefficient (Wildman–Crippen LogP) is 2.99. The average molecular weight is 304 g/mol. The van der Waals surface area contributed by atoms with E-state index in [0.717, 1.165) is 44.9 Å². The first-order valence-electron chi connectivity index (χ1n) is 8.96. The Kier molecular flexibility index (Phi) is 3.01. The molecule has 122 valence electrons. The summed E-state index contributed by atoms with van der Waals surface area (Å²) < 4.78 is 0. The van der Waals surface area contributed by atoms with Crippen LogP contribution in [0.5, 0.6) is 0 Å². The molecule has 4 aliphatic carbocycles. The van der Waals surface area contributed by atoms with Crippen molar-refractivity contribution < 1.29 is 15.0 Å². The molecule has 6 atom stereocenters. The van der Waals surface area contributed by atoms with Gasteiger partial charge in [0.05, 0.1) is 11.7 Å². The molecule has 4 rings (SSSR count). The highest BCUT2D eigenvalue weighted by Crippen LogP contribution is 2.66. The van der Waals surface area contributed by atoms with E-state index in [1.54, 1.807) is 0 Å². The van der Waals surface area contributed by atoms with Gasteiger partial charge in [-0.2, -0.15) is 0 Å². The fourth-order valence-corrected chi connectivity index (χ4v) is 6.50. The molecule has 4 aliphatic rings. The summed E-state index contributed by atoms with van der Waals surface area (Å²) in [5.41, 5.74) is 0.360. The normalized spacial score (nSPS) is 54.3. The number of hydrogen-bond acceptors (Lipinski definition) is 3. The minimum Gasteiger partial charge on any atom is -0.392 e. The topological polar surface area (TPSA) is 57.5 Å². The van der Waals surface area contributed by atoms with Gasteiger partial charge in [-0.05, 0) is 68.3 Å². The third kappa shape index (κ3) is 1.62. The number of allylic oxidation sites excluding steroid dienone is 1. The van der Waals surface area contributed by atoms with Gasteiger partial charge in [0.1, 0.15) is 0 Å². The molecular formula is C19H28O3. The Labute approximate surface area is 132 Å². The lowest BCUT2D eigenvalue weighted by Crippen LogP contribution is -2.61. The smallest absolute Gasteiger partial charge is 0.155 e. The Morgan fingerprint density at radius 2 is 1.82 bits per heavy atom. The number of carbonyl (C=O) groups excluding carboxylic acids is 1. The maximum atomic E-state index is 11.8. The van der Waals surface area contributed by atoms with Crippen LogP contribution in [0.15, 0.2) is 11.6 Å². The maximum absolute atomic E-state index is 11.8. The van der Waals surface area contributed by atoms with Crippen molar-refractivity contribution in [3.8, 4) is 0 Å². The zero-order chi connectivity index (χ0) is 15.8.